The molecule has 0 radical (unpaired) electrons. The number of hydrogen-bond donors (Lipinski definition) is 0. The minimum absolute atomic E-state index is 0.311. The van der Waals surface area contributed by atoms with Crippen molar-refractivity contribution in [1.29, 1.82) is 0 Å². The van der Waals surface area contributed by atoms with Crippen molar-refractivity contribution in [3.05, 3.63) is 41.0 Å². The second-order valence-corrected chi connectivity index (χ2v) is 3.73. The summed E-state index contributed by atoms with van der Waals surface area (Å²) < 4.78 is 18.5. The molecule has 0 aliphatic rings. The number of rotatable bonds is 2. The summed E-state index contributed by atoms with van der Waals surface area (Å²) in [6.07, 6.45) is 1.44. The molecule has 0 fully saturated rings. The first kappa shape index (κ1) is 10.0. The van der Waals surface area contributed by atoms with Crippen molar-refractivity contribution < 1.29 is 8.91 Å². The molecule has 1 aromatic carbocycles. The summed E-state index contributed by atoms with van der Waals surface area (Å²) in [7, 11) is 0. The van der Waals surface area contributed by atoms with Crippen molar-refractivity contribution >= 4 is 22.0 Å². The summed E-state index contributed by atoms with van der Waals surface area (Å²) in [5.41, 5.74) is 0.554. The van der Waals surface area contributed by atoms with Gasteiger partial charge in [-0.05, 0) is 24.3 Å². The highest BCUT2D eigenvalue weighted by Crippen LogP contribution is 2.22. The van der Waals surface area contributed by atoms with Crippen LogP contribution in [0.1, 0.15) is 5.89 Å². The molecule has 2 aromatic rings. The van der Waals surface area contributed by atoms with E-state index in [0.29, 0.717) is 21.8 Å². The summed E-state index contributed by atoms with van der Waals surface area (Å²) in [6.45, 7) is 3.49. The van der Waals surface area contributed by atoms with Gasteiger partial charge in [-0.3, -0.25) is 0 Å². The van der Waals surface area contributed by atoms with E-state index < -0.39 is 0 Å². The van der Waals surface area contributed by atoms with Gasteiger partial charge in [-0.25, -0.2) is 4.39 Å². The van der Waals surface area contributed by atoms with Gasteiger partial charge in [-0.15, -0.1) is 0 Å². The normalized spacial score (nSPS) is 10.3. The largest absolute Gasteiger partial charge is 0.334 e. The monoisotopic (exact) mass is 268 g/mol. The number of halogens is 2. The van der Waals surface area contributed by atoms with Crippen molar-refractivity contribution in [3.8, 4) is 11.4 Å². The Morgan fingerprint density at radius 2 is 2.20 bits per heavy atom. The summed E-state index contributed by atoms with van der Waals surface area (Å²) in [4.78, 5) is 4.00. The van der Waals surface area contributed by atoms with Gasteiger partial charge in [0.25, 0.3) is 0 Å². The van der Waals surface area contributed by atoms with E-state index in [0.717, 1.165) is 0 Å². The third-order valence-electron chi connectivity index (χ3n) is 1.74. The van der Waals surface area contributed by atoms with Crippen molar-refractivity contribution in [2.45, 2.75) is 0 Å². The lowest BCUT2D eigenvalue weighted by molar-refractivity contribution is 0.411. The van der Waals surface area contributed by atoms with Gasteiger partial charge >= 0.3 is 0 Å². The van der Waals surface area contributed by atoms with E-state index in [9.17, 15) is 4.39 Å². The van der Waals surface area contributed by atoms with Gasteiger partial charge in [-0.2, -0.15) is 4.98 Å². The van der Waals surface area contributed by atoms with Crippen molar-refractivity contribution in [1.82, 2.24) is 10.1 Å². The van der Waals surface area contributed by atoms with Crippen LogP contribution in [0.2, 0.25) is 0 Å². The van der Waals surface area contributed by atoms with E-state index >= 15 is 0 Å². The molecule has 0 unspecified atom stereocenters. The lowest BCUT2D eigenvalue weighted by Crippen LogP contribution is -1.83. The Balaban J connectivity index is 2.48. The van der Waals surface area contributed by atoms with E-state index in [4.69, 9.17) is 4.52 Å². The van der Waals surface area contributed by atoms with Crippen molar-refractivity contribution in [2.75, 3.05) is 0 Å². The smallest absolute Gasteiger partial charge is 0.250 e. The third-order valence-corrected chi connectivity index (χ3v) is 2.19. The van der Waals surface area contributed by atoms with E-state index in [2.05, 4.69) is 32.6 Å². The van der Waals surface area contributed by atoms with Crippen LogP contribution in [0.4, 0.5) is 4.39 Å². The molecular formula is C10H6BrFN2O. The van der Waals surface area contributed by atoms with Crippen LogP contribution in [0.3, 0.4) is 0 Å². The molecule has 0 spiro atoms. The third kappa shape index (κ3) is 2.12. The first-order valence-corrected chi connectivity index (χ1v) is 4.91. The van der Waals surface area contributed by atoms with Gasteiger partial charge in [0, 0.05) is 10.0 Å². The van der Waals surface area contributed by atoms with Crippen LogP contribution in [0, 0.1) is 5.82 Å². The Kier molecular flexibility index (Phi) is 2.64. The molecular weight excluding hydrogens is 263 g/mol. The van der Waals surface area contributed by atoms with Crippen LogP contribution in [-0.4, -0.2) is 10.1 Å². The number of nitrogens with zero attached hydrogens (tertiary/aromatic N) is 2. The molecule has 0 aliphatic carbocycles. The minimum Gasteiger partial charge on any atom is -0.334 e. The summed E-state index contributed by atoms with van der Waals surface area (Å²) >= 11 is 3.19. The van der Waals surface area contributed by atoms with E-state index in [1.54, 1.807) is 6.07 Å². The quantitative estimate of drug-likeness (QED) is 0.839. The zero-order chi connectivity index (χ0) is 10.8. The average Bonchev–Trinajstić information content (AvgIpc) is 2.64. The fourth-order valence-electron chi connectivity index (χ4n) is 1.12. The molecule has 76 valence electrons. The molecule has 0 N–H and O–H groups in total. The highest BCUT2D eigenvalue weighted by Gasteiger charge is 2.08. The highest BCUT2D eigenvalue weighted by atomic mass is 79.9. The topological polar surface area (TPSA) is 38.9 Å². The number of hydrogen-bond acceptors (Lipinski definition) is 3. The lowest BCUT2D eigenvalue weighted by atomic mass is 10.2. The predicted octanol–water partition coefficient (Wildman–Crippen LogP) is 3.28. The van der Waals surface area contributed by atoms with Crippen LogP contribution < -0.4 is 0 Å². The molecule has 1 aromatic heterocycles. The van der Waals surface area contributed by atoms with Crippen LogP contribution in [0.15, 0.2) is 33.8 Å². The molecule has 3 nitrogen and oxygen atoms in total. The number of benzene rings is 1. The second-order valence-electron chi connectivity index (χ2n) is 2.82. The molecule has 15 heavy (non-hydrogen) atoms. The Morgan fingerprint density at radius 1 is 1.40 bits per heavy atom. The Labute approximate surface area is 93.7 Å². The van der Waals surface area contributed by atoms with Crippen LogP contribution in [0.25, 0.3) is 17.5 Å². The first-order valence-electron chi connectivity index (χ1n) is 4.11. The number of aromatic nitrogens is 2. The molecule has 0 amide bonds. The fraction of sp³-hybridized carbons (Fsp3) is 0. The molecule has 0 saturated carbocycles. The Bertz CT molecular complexity index is 490. The molecule has 0 saturated heterocycles. The van der Waals surface area contributed by atoms with Gasteiger partial charge in [-0.1, -0.05) is 27.7 Å². The van der Waals surface area contributed by atoms with Crippen LogP contribution >= 0.6 is 15.9 Å². The molecule has 0 aliphatic heterocycles. The molecule has 5 heteroatoms. The highest BCUT2D eigenvalue weighted by molar-refractivity contribution is 9.10. The average molecular weight is 269 g/mol. The first-order chi connectivity index (χ1) is 7.19. The van der Waals surface area contributed by atoms with Gasteiger partial charge in [0.15, 0.2) is 0 Å². The molecule has 1 heterocycles. The fourth-order valence-corrected chi connectivity index (χ4v) is 1.58. The Morgan fingerprint density at radius 3 is 2.80 bits per heavy atom. The summed E-state index contributed by atoms with van der Waals surface area (Å²) in [5, 5.41) is 3.69. The molecule has 2 rings (SSSR count). The lowest BCUT2D eigenvalue weighted by Gasteiger charge is -1.96. The maximum atomic E-state index is 13.1. The maximum Gasteiger partial charge on any atom is 0.250 e. The SMILES string of the molecule is C=Cc1nc(-c2cc(F)cc(Br)c2)no1. The van der Waals surface area contributed by atoms with Crippen LogP contribution in [-0.2, 0) is 0 Å². The summed E-state index contributed by atoms with van der Waals surface area (Å²) in [5.74, 6) is 0.291. The summed E-state index contributed by atoms with van der Waals surface area (Å²) in [6, 6.07) is 4.40. The maximum absolute atomic E-state index is 13.1. The van der Waals surface area contributed by atoms with E-state index in [-0.39, 0.29) is 5.82 Å². The standard InChI is InChI=1S/C10H6BrFN2O/c1-2-9-13-10(14-15-9)6-3-7(11)5-8(12)4-6/h2-5H,1H2. The zero-order valence-electron chi connectivity index (χ0n) is 7.58. The van der Waals surface area contributed by atoms with Gasteiger partial charge in [0.2, 0.25) is 11.7 Å². The molecule has 0 atom stereocenters. The predicted molar refractivity (Wildman–Crippen MR) is 57.5 cm³/mol. The molecule has 0 bridgehead atoms. The second kappa shape index (κ2) is 3.94. The van der Waals surface area contributed by atoms with Crippen molar-refractivity contribution in [3.63, 3.8) is 0 Å². The van der Waals surface area contributed by atoms with Crippen molar-refractivity contribution in [2.24, 2.45) is 0 Å². The van der Waals surface area contributed by atoms with E-state index in [1.165, 1.54) is 18.2 Å². The Hall–Kier alpha value is -1.49. The van der Waals surface area contributed by atoms with Gasteiger partial charge in [0.1, 0.15) is 5.82 Å². The zero-order valence-corrected chi connectivity index (χ0v) is 9.16. The van der Waals surface area contributed by atoms with E-state index in [1.807, 2.05) is 0 Å². The minimum atomic E-state index is -0.357. The van der Waals surface area contributed by atoms with Gasteiger partial charge in [0.05, 0.1) is 0 Å². The van der Waals surface area contributed by atoms with Crippen LogP contribution in [0.5, 0.6) is 0 Å². The van der Waals surface area contributed by atoms with Gasteiger partial charge < -0.3 is 4.52 Å².